The summed E-state index contributed by atoms with van der Waals surface area (Å²) in [4.78, 5) is 13.0. The lowest BCUT2D eigenvalue weighted by Gasteiger charge is -2.15. The van der Waals surface area contributed by atoms with Crippen LogP contribution in [0.15, 0.2) is 91.0 Å². The van der Waals surface area contributed by atoms with Crippen LogP contribution >= 0.6 is 0 Å². The highest BCUT2D eigenvalue weighted by Gasteiger charge is 2.38. The van der Waals surface area contributed by atoms with E-state index in [2.05, 4.69) is 15.0 Å². The summed E-state index contributed by atoms with van der Waals surface area (Å²) in [5, 5.41) is 10.1. The number of rotatable bonds is 4. The number of aryl methyl sites for hydroxylation is 2. The lowest BCUT2D eigenvalue weighted by atomic mass is 9.96. The van der Waals surface area contributed by atoms with E-state index in [1.165, 1.54) is 48.5 Å². The summed E-state index contributed by atoms with van der Waals surface area (Å²) in [6, 6.07) is 16.4. The summed E-state index contributed by atoms with van der Waals surface area (Å²) in [7, 11) is 0. The topological polar surface area (TPSA) is 67.4 Å². The molecule has 0 N–H and O–H groups in total. The van der Waals surface area contributed by atoms with Crippen LogP contribution in [0, 0.1) is 25.2 Å². The Bertz CT molecular complexity index is 2570. The maximum absolute atomic E-state index is 13.9. The summed E-state index contributed by atoms with van der Waals surface area (Å²) >= 11 is 0. The van der Waals surface area contributed by atoms with Crippen molar-refractivity contribution >= 4 is 21.8 Å². The number of alkyl halides is 12. The third-order valence-corrected chi connectivity index (χ3v) is 9.07. The second kappa shape index (κ2) is 13.4. The van der Waals surface area contributed by atoms with Gasteiger partial charge >= 0.3 is 24.7 Å². The molecule has 2 heterocycles. The molecular formula is C40H21F12N5. The van der Waals surface area contributed by atoms with Gasteiger partial charge in [-0.15, -0.1) is 0 Å². The summed E-state index contributed by atoms with van der Waals surface area (Å²) < 4.78 is 168. The Kier molecular flexibility index (Phi) is 9.09. The Morgan fingerprint density at radius 2 is 0.877 bits per heavy atom. The van der Waals surface area contributed by atoms with Gasteiger partial charge in [0.25, 0.3) is 0 Å². The number of nitriles is 1. The molecule has 0 saturated carbocycles. The van der Waals surface area contributed by atoms with Crippen molar-refractivity contribution in [1.29, 1.82) is 5.26 Å². The molecule has 290 valence electrons. The largest absolute Gasteiger partial charge is 0.416 e. The van der Waals surface area contributed by atoms with Crippen molar-refractivity contribution < 1.29 is 52.7 Å². The number of fused-ring (bicyclic) bond motifs is 3. The van der Waals surface area contributed by atoms with E-state index in [0.29, 0.717) is 41.5 Å². The lowest BCUT2D eigenvalue weighted by Crippen LogP contribution is -2.11. The summed E-state index contributed by atoms with van der Waals surface area (Å²) in [6.07, 6.45) is -20.7. The van der Waals surface area contributed by atoms with Crippen molar-refractivity contribution in [2.45, 2.75) is 38.6 Å². The van der Waals surface area contributed by atoms with Crippen molar-refractivity contribution in [2.75, 3.05) is 0 Å². The van der Waals surface area contributed by atoms with Gasteiger partial charge in [0.05, 0.1) is 50.6 Å². The lowest BCUT2D eigenvalue weighted by molar-refractivity contribution is -0.144. The van der Waals surface area contributed by atoms with Gasteiger partial charge in [-0.05, 0) is 115 Å². The minimum atomic E-state index is -5.17. The molecule has 7 rings (SSSR count). The predicted molar refractivity (Wildman–Crippen MR) is 185 cm³/mol. The molecule has 0 aliphatic rings. The first-order valence-electron chi connectivity index (χ1n) is 16.4. The number of aromatic nitrogens is 4. The fourth-order valence-electron chi connectivity index (χ4n) is 6.60. The number of hydrogen-bond donors (Lipinski definition) is 0. The van der Waals surface area contributed by atoms with Crippen molar-refractivity contribution in [2.24, 2.45) is 0 Å². The number of benzene rings is 5. The van der Waals surface area contributed by atoms with Crippen molar-refractivity contribution in [3.8, 4) is 45.4 Å². The van der Waals surface area contributed by atoms with Crippen LogP contribution in [0.25, 0.3) is 61.1 Å². The molecule has 0 amide bonds. The molecule has 0 saturated heterocycles. The van der Waals surface area contributed by atoms with E-state index < -0.39 is 58.1 Å². The fraction of sp³-hybridized carbons (Fsp3) is 0.150. The molecule has 7 aromatic rings. The molecule has 0 unspecified atom stereocenters. The molecule has 0 aliphatic heterocycles. The molecule has 17 heteroatoms. The molecule has 0 radical (unpaired) electrons. The van der Waals surface area contributed by atoms with Crippen LogP contribution in [0.3, 0.4) is 0 Å². The van der Waals surface area contributed by atoms with Crippen LogP contribution in [0.4, 0.5) is 52.7 Å². The molecule has 5 aromatic carbocycles. The average Bonchev–Trinajstić information content (AvgIpc) is 3.45. The zero-order valence-electron chi connectivity index (χ0n) is 28.9. The maximum Gasteiger partial charge on any atom is 0.416 e. The van der Waals surface area contributed by atoms with E-state index in [4.69, 9.17) is 0 Å². The molecule has 57 heavy (non-hydrogen) atoms. The third-order valence-electron chi connectivity index (χ3n) is 9.07. The van der Waals surface area contributed by atoms with Gasteiger partial charge in [-0.1, -0.05) is 12.1 Å². The van der Waals surface area contributed by atoms with Crippen LogP contribution in [-0.2, 0) is 24.7 Å². The molecule has 0 spiro atoms. The molecule has 0 aliphatic carbocycles. The average molecular weight is 800 g/mol. The van der Waals surface area contributed by atoms with E-state index in [0.717, 1.165) is 0 Å². The fourth-order valence-corrected chi connectivity index (χ4v) is 6.60. The normalized spacial score (nSPS) is 12.7. The Morgan fingerprint density at radius 1 is 0.474 bits per heavy atom. The number of hydrogen-bond acceptors (Lipinski definition) is 4. The number of nitrogens with zero attached hydrogens (tertiary/aromatic N) is 5. The first-order chi connectivity index (χ1) is 26.5. The van der Waals surface area contributed by atoms with Crippen LogP contribution < -0.4 is 0 Å². The van der Waals surface area contributed by atoms with Gasteiger partial charge in [0.15, 0.2) is 5.82 Å². The van der Waals surface area contributed by atoms with Gasteiger partial charge < -0.3 is 4.57 Å². The molecule has 0 bridgehead atoms. The highest BCUT2D eigenvalue weighted by molar-refractivity contribution is 6.12. The zero-order chi connectivity index (χ0) is 41.4. The number of halogens is 12. The third kappa shape index (κ3) is 7.46. The van der Waals surface area contributed by atoms with E-state index in [1.54, 1.807) is 24.5 Å². The predicted octanol–water partition coefficient (Wildman–Crippen LogP) is 12.5. The van der Waals surface area contributed by atoms with Crippen molar-refractivity contribution in [3.05, 3.63) is 130 Å². The minimum Gasteiger partial charge on any atom is -0.308 e. The Labute approximate surface area is 313 Å². The van der Waals surface area contributed by atoms with E-state index in [-0.39, 0.29) is 62.1 Å². The Balaban J connectivity index is 1.58. The second-order valence-corrected chi connectivity index (χ2v) is 13.0. The van der Waals surface area contributed by atoms with Gasteiger partial charge in [-0.2, -0.15) is 57.9 Å². The second-order valence-electron chi connectivity index (χ2n) is 13.0. The molecule has 2 aromatic heterocycles. The maximum atomic E-state index is 13.9. The quantitative estimate of drug-likeness (QED) is 0.166. The van der Waals surface area contributed by atoms with E-state index in [9.17, 15) is 57.9 Å². The SMILES string of the molecule is Cc1nc(C)nc(-c2ccc(C#N)cc2-n2c3ccc(-c4cc(C(F)(F)F)cc(C(F)(F)F)c4)cc3c3cc(-c4cc(C(F)(F)F)cc(C(F)(F)F)c4)ccc32)n1. The van der Waals surface area contributed by atoms with Crippen LogP contribution in [0.2, 0.25) is 0 Å². The monoisotopic (exact) mass is 799 g/mol. The molecular weight excluding hydrogens is 778 g/mol. The van der Waals surface area contributed by atoms with Gasteiger partial charge in [-0.3, -0.25) is 0 Å². The highest BCUT2D eigenvalue weighted by Crippen LogP contribution is 2.44. The van der Waals surface area contributed by atoms with E-state index >= 15 is 0 Å². The van der Waals surface area contributed by atoms with Crippen molar-refractivity contribution in [1.82, 2.24) is 19.5 Å². The van der Waals surface area contributed by atoms with Crippen LogP contribution in [0.5, 0.6) is 0 Å². The zero-order valence-corrected chi connectivity index (χ0v) is 28.9. The summed E-state index contributed by atoms with van der Waals surface area (Å²) in [5.41, 5.74) is -6.30. The van der Waals surface area contributed by atoms with Gasteiger partial charge in [0, 0.05) is 16.3 Å². The first kappa shape index (κ1) is 38.8. The first-order valence-corrected chi connectivity index (χ1v) is 16.4. The Hall–Kier alpha value is -6.44. The van der Waals surface area contributed by atoms with E-state index in [1.807, 2.05) is 6.07 Å². The summed E-state index contributed by atoms with van der Waals surface area (Å²) in [5.74, 6) is 0.834. The van der Waals surface area contributed by atoms with Gasteiger partial charge in [0.2, 0.25) is 0 Å². The standard InChI is InChI=1S/C40H21F12N5/c1-19-54-20(2)56-36(55-19)30-6-3-21(18-53)9-35(30)57-33-7-4-22(24-10-26(37(41,42)43)16-27(11-24)38(44,45)46)14-31(33)32-15-23(5-8-34(32)57)25-12-28(39(47,48)49)17-29(13-25)40(50,51)52/h3-17H,1-2H3. The smallest absolute Gasteiger partial charge is 0.308 e. The van der Waals surface area contributed by atoms with Gasteiger partial charge in [0.1, 0.15) is 11.6 Å². The minimum absolute atomic E-state index is 0.0290. The highest BCUT2D eigenvalue weighted by atomic mass is 19.4. The molecule has 5 nitrogen and oxygen atoms in total. The van der Waals surface area contributed by atoms with Gasteiger partial charge in [-0.25, -0.2) is 15.0 Å². The molecule has 0 atom stereocenters. The summed E-state index contributed by atoms with van der Waals surface area (Å²) in [6.45, 7) is 3.22. The van der Waals surface area contributed by atoms with Crippen LogP contribution in [0.1, 0.15) is 39.5 Å². The Morgan fingerprint density at radius 3 is 1.25 bits per heavy atom. The van der Waals surface area contributed by atoms with Crippen LogP contribution in [-0.4, -0.2) is 19.5 Å². The van der Waals surface area contributed by atoms with Crippen molar-refractivity contribution in [3.63, 3.8) is 0 Å². The molecule has 0 fully saturated rings.